The molecule has 8 heteroatoms. The Balaban J connectivity index is 1.64. The number of nitrogens with zero attached hydrogens (tertiary/aromatic N) is 4. The highest BCUT2D eigenvalue weighted by atomic mass is 16.5. The van der Waals surface area contributed by atoms with Gasteiger partial charge in [0.15, 0.2) is 5.82 Å². The number of benzene rings is 1. The molecule has 0 aliphatic heterocycles. The zero-order valence-corrected chi connectivity index (χ0v) is 13.6. The fourth-order valence-electron chi connectivity index (χ4n) is 2.27. The minimum Gasteiger partial charge on any atom is -0.497 e. The average Bonchev–Trinajstić information content (AvgIpc) is 3.18. The van der Waals surface area contributed by atoms with Crippen LogP contribution in [0.3, 0.4) is 0 Å². The van der Waals surface area contributed by atoms with Crippen LogP contribution in [0, 0.1) is 0 Å². The first-order chi connectivity index (χ1) is 12.2. The van der Waals surface area contributed by atoms with Crippen molar-refractivity contribution in [3.05, 3.63) is 70.8 Å². The molecule has 0 atom stereocenters. The molecule has 1 aromatic carbocycles. The first kappa shape index (κ1) is 16.4. The Kier molecular flexibility index (Phi) is 4.89. The van der Waals surface area contributed by atoms with Gasteiger partial charge in [-0.05, 0) is 30.3 Å². The predicted octanol–water partition coefficient (Wildman–Crippen LogP) is 0.868. The molecule has 2 heterocycles. The fourth-order valence-corrected chi connectivity index (χ4v) is 2.27. The molecule has 0 aliphatic rings. The van der Waals surface area contributed by atoms with Gasteiger partial charge in [-0.1, -0.05) is 6.07 Å². The summed E-state index contributed by atoms with van der Waals surface area (Å²) in [6.45, 7) is 0.523. The van der Waals surface area contributed by atoms with Gasteiger partial charge in [0.2, 0.25) is 0 Å². The van der Waals surface area contributed by atoms with Gasteiger partial charge in [0.1, 0.15) is 5.75 Å². The van der Waals surface area contributed by atoms with E-state index >= 15 is 0 Å². The summed E-state index contributed by atoms with van der Waals surface area (Å²) >= 11 is 0. The summed E-state index contributed by atoms with van der Waals surface area (Å²) in [5.74, 6) is 0.899. The molecule has 0 fully saturated rings. The monoisotopic (exact) mass is 339 g/mol. The van der Waals surface area contributed by atoms with Crippen LogP contribution in [-0.2, 0) is 6.54 Å². The average molecular weight is 339 g/mol. The standard InChI is InChI=1S/C17H17N5O3/c1-25-14-5-2-4-13(12-14)17(24)18-9-11-22-16(23)7-6-15(20-22)21-10-3-8-19-21/h2-8,10,12H,9,11H2,1H3,(H,18,24). The molecule has 0 saturated carbocycles. The molecule has 0 unspecified atom stereocenters. The number of aromatic nitrogens is 4. The van der Waals surface area contributed by atoms with Crippen LogP contribution in [0.2, 0.25) is 0 Å². The van der Waals surface area contributed by atoms with Crippen molar-refractivity contribution in [3.63, 3.8) is 0 Å². The number of carbonyl (C=O) groups is 1. The summed E-state index contributed by atoms with van der Waals surface area (Å²) in [4.78, 5) is 24.1. The van der Waals surface area contributed by atoms with Crippen LogP contribution in [0.25, 0.3) is 5.82 Å². The van der Waals surface area contributed by atoms with Gasteiger partial charge in [0.05, 0.1) is 13.7 Å². The zero-order chi connectivity index (χ0) is 17.6. The second kappa shape index (κ2) is 7.43. The van der Waals surface area contributed by atoms with Gasteiger partial charge >= 0.3 is 0 Å². The Bertz CT molecular complexity index is 918. The Morgan fingerprint density at radius 3 is 2.88 bits per heavy atom. The Labute approximate surface area is 143 Å². The Morgan fingerprint density at radius 2 is 2.12 bits per heavy atom. The van der Waals surface area contributed by atoms with Crippen LogP contribution >= 0.6 is 0 Å². The summed E-state index contributed by atoms with van der Waals surface area (Å²) < 4.78 is 7.95. The van der Waals surface area contributed by atoms with Crippen LogP contribution < -0.4 is 15.6 Å². The molecule has 0 spiro atoms. The van der Waals surface area contributed by atoms with E-state index in [-0.39, 0.29) is 24.6 Å². The summed E-state index contributed by atoms with van der Waals surface area (Å²) in [7, 11) is 1.54. The van der Waals surface area contributed by atoms with Crippen molar-refractivity contribution in [1.29, 1.82) is 0 Å². The summed E-state index contributed by atoms with van der Waals surface area (Å²) in [5, 5.41) is 11.1. The van der Waals surface area contributed by atoms with Crippen LogP contribution in [0.5, 0.6) is 5.75 Å². The van der Waals surface area contributed by atoms with E-state index in [0.29, 0.717) is 17.1 Å². The van der Waals surface area contributed by atoms with Crippen molar-refractivity contribution in [2.45, 2.75) is 6.54 Å². The number of ether oxygens (including phenoxy) is 1. The molecule has 128 valence electrons. The van der Waals surface area contributed by atoms with Crippen LogP contribution in [0.15, 0.2) is 59.7 Å². The smallest absolute Gasteiger partial charge is 0.266 e. The molecule has 0 saturated heterocycles. The highest BCUT2D eigenvalue weighted by Crippen LogP contribution is 2.12. The first-order valence-corrected chi connectivity index (χ1v) is 7.68. The molecule has 1 N–H and O–H groups in total. The minimum atomic E-state index is -0.244. The maximum atomic E-state index is 12.2. The molecule has 0 bridgehead atoms. The molecule has 2 aromatic heterocycles. The third-order valence-corrected chi connectivity index (χ3v) is 3.53. The molecule has 3 aromatic rings. The fraction of sp³-hybridized carbons (Fsp3) is 0.176. The van der Waals surface area contributed by atoms with Crippen LogP contribution in [0.4, 0.5) is 0 Å². The van der Waals surface area contributed by atoms with E-state index in [4.69, 9.17) is 4.74 Å². The molecular formula is C17H17N5O3. The summed E-state index contributed by atoms with van der Waals surface area (Å²) in [5.41, 5.74) is 0.247. The lowest BCUT2D eigenvalue weighted by Gasteiger charge is -2.09. The maximum Gasteiger partial charge on any atom is 0.266 e. The highest BCUT2D eigenvalue weighted by Gasteiger charge is 2.07. The van der Waals surface area contributed by atoms with Gasteiger partial charge in [0, 0.05) is 30.6 Å². The zero-order valence-electron chi connectivity index (χ0n) is 13.6. The molecule has 25 heavy (non-hydrogen) atoms. The van der Waals surface area contributed by atoms with Crippen LogP contribution in [-0.4, -0.2) is 39.1 Å². The van der Waals surface area contributed by atoms with Crippen LogP contribution in [0.1, 0.15) is 10.4 Å². The van der Waals surface area contributed by atoms with Gasteiger partial charge in [-0.2, -0.15) is 5.10 Å². The second-order valence-electron chi connectivity index (χ2n) is 5.19. The maximum absolute atomic E-state index is 12.2. The molecule has 3 rings (SSSR count). The second-order valence-corrected chi connectivity index (χ2v) is 5.19. The van der Waals surface area contributed by atoms with E-state index in [1.165, 1.54) is 10.7 Å². The lowest BCUT2D eigenvalue weighted by molar-refractivity contribution is 0.0951. The van der Waals surface area contributed by atoms with Crippen molar-refractivity contribution in [3.8, 4) is 11.6 Å². The van der Waals surface area contributed by atoms with Crippen molar-refractivity contribution in [2.24, 2.45) is 0 Å². The van der Waals surface area contributed by atoms with E-state index in [0.717, 1.165) is 0 Å². The molecule has 0 aliphatic carbocycles. The van der Waals surface area contributed by atoms with Crippen molar-refractivity contribution >= 4 is 5.91 Å². The lowest BCUT2D eigenvalue weighted by atomic mass is 10.2. The van der Waals surface area contributed by atoms with Gasteiger partial charge in [-0.15, -0.1) is 5.10 Å². The van der Waals surface area contributed by atoms with Gasteiger partial charge in [-0.25, -0.2) is 9.36 Å². The van der Waals surface area contributed by atoms with Gasteiger partial charge in [0.25, 0.3) is 11.5 Å². The number of hydrogen-bond donors (Lipinski definition) is 1. The number of methoxy groups -OCH3 is 1. The molecule has 0 radical (unpaired) electrons. The van der Waals surface area contributed by atoms with Gasteiger partial charge < -0.3 is 10.1 Å². The third kappa shape index (κ3) is 3.92. The summed E-state index contributed by atoms with van der Waals surface area (Å²) in [6, 6.07) is 11.6. The number of rotatable bonds is 6. The molecule has 8 nitrogen and oxygen atoms in total. The van der Waals surface area contributed by atoms with E-state index in [2.05, 4.69) is 15.5 Å². The third-order valence-electron chi connectivity index (χ3n) is 3.53. The van der Waals surface area contributed by atoms with E-state index in [9.17, 15) is 9.59 Å². The Morgan fingerprint density at radius 1 is 1.24 bits per heavy atom. The van der Waals surface area contributed by atoms with Crippen molar-refractivity contribution in [2.75, 3.05) is 13.7 Å². The SMILES string of the molecule is COc1cccc(C(=O)NCCn2nc(-n3cccn3)ccc2=O)c1. The number of hydrogen-bond acceptors (Lipinski definition) is 5. The number of amides is 1. The molecule has 1 amide bonds. The predicted molar refractivity (Wildman–Crippen MR) is 90.9 cm³/mol. The van der Waals surface area contributed by atoms with Crippen molar-refractivity contribution in [1.82, 2.24) is 24.9 Å². The van der Waals surface area contributed by atoms with E-state index < -0.39 is 0 Å². The number of nitrogens with one attached hydrogen (secondary N) is 1. The first-order valence-electron chi connectivity index (χ1n) is 7.68. The summed E-state index contributed by atoms with van der Waals surface area (Å²) in [6.07, 6.45) is 3.37. The van der Waals surface area contributed by atoms with Gasteiger partial charge in [-0.3, -0.25) is 9.59 Å². The topological polar surface area (TPSA) is 91.0 Å². The van der Waals surface area contributed by atoms with E-state index in [1.54, 1.807) is 60.6 Å². The lowest BCUT2D eigenvalue weighted by Crippen LogP contribution is -2.32. The molecular weight excluding hydrogens is 322 g/mol. The quantitative estimate of drug-likeness (QED) is 0.719. The minimum absolute atomic E-state index is 0.241. The highest BCUT2D eigenvalue weighted by molar-refractivity contribution is 5.94. The van der Waals surface area contributed by atoms with Crippen molar-refractivity contribution < 1.29 is 9.53 Å². The normalized spacial score (nSPS) is 10.4. The largest absolute Gasteiger partial charge is 0.497 e. The Hall–Kier alpha value is -3.42. The number of carbonyl (C=O) groups excluding carboxylic acids is 1. The van der Waals surface area contributed by atoms with E-state index in [1.807, 2.05) is 0 Å².